The van der Waals surface area contributed by atoms with Crippen LogP contribution in [0.3, 0.4) is 0 Å². The second kappa shape index (κ2) is 8.28. The molecule has 0 aromatic heterocycles. The highest BCUT2D eigenvalue weighted by Gasteiger charge is 2.46. The van der Waals surface area contributed by atoms with Gasteiger partial charge in [0.2, 0.25) is 11.8 Å². The van der Waals surface area contributed by atoms with Gasteiger partial charge >= 0.3 is 5.97 Å². The van der Waals surface area contributed by atoms with E-state index in [9.17, 15) is 28.0 Å². The minimum atomic E-state index is -1.12. The van der Waals surface area contributed by atoms with Gasteiger partial charge in [0.05, 0.1) is 18.3 Å². The van der Waals surface area contributed by atoms with E-state index in [4.69, 9.17) is 4.74 Å². The van der Waals surface area contributed by atoms with Crippen molar-refractivity contribution < 1.29 is 32.7 Å². The van der Waals surface area contributed by atoms with Crippen LogP contribution in [0.5, 0.6) is 0 Å². The summed E-state index contributed by atoms with van der Waals surface area (Å²) >= 11 is 0. The number of nitrogens with one attached hydrogen (secondary N) is 1. The van der Waals surface area contributed by atoms with Crippen LogP contribution < -0.4 is 5.32 Å². The molecule has 1 aromatic carbocycles. The van der Waals surface area contributed by atoms with Crippen LogP contribution >= 0.6 is 0 Å². The summed E-state index contributed by atoms with van der Waals surface area (Å²) in [5, 5.41) is 2.26. The van der Waals surface area contributed by atoms with Crippen molar-refractivity contribution in [2.24, 2.45) is 11.8 Å². The summed E-state index contributed by atoms with van der Waals surface area (Å²) in [5.41, 5.74) is 0.0180. The van der Waals surface area contributed by atoms with Crippen molar-refractivity contribution in [3.8, 4) is 0 Å². The molecule has 1 aromatic rings. The highest BCUT2D eigenvalue weighted by molar-refractivity contribution is 6.05. The molecule has 1 saturated heterocycles. The predicted molar refractivity (Wildman–Crippen MR) is 92.6 cm³/mol. The number of carbonyl (C=O) groups excluding carboxylic acids is 4. The minimum Gasteiger partial charge on any atom is -0.456 e. The molecule has 1 heterocycles. The average Bonchev–Trinajstić information content (AvgIpc) is 2.92. The normalized spacial score (nSPS) is 20.9. The molecule has 2 aliphatic rings. The third-order valence-electron chi connectivity index (χ3n) is 4.71. The van der Waals surface area contributed by atoms with Crippen LogP contribution in [0.2, 0.25) is 0 Å². The minimum absolute atomic E-state index is 0.0180. The van der Waals surface area contributed by atoms with E-state index < -0.39 is 30.1 Å². The van der Waals surface area contributed by atoms with E-state index in [2.05, 4.69) is 5.32 Å². The van der Waals surface area contributed by atoms with Gasteiger partial charge in [0.25, 0.3) is 5.91 Å². The summed E-state index contributed by atoms with van der Waals surface area (Å²) in [5.74, 6) is -4.97. The third-order valence-corrected chi connectivity index (χ3v) is 4.71. The van der Waals surface area contributed by atoms with E-state index in [1.165, 1.54) is 0 Å². The van der Waals surface area contributed by atoms with Crippen LogP contribution in [0.15, 0.2) is 30.4 Å². The van der Waals surface area contributed by atoms with Crippen molar-refractivity contribution in [2.75, 3.05) is 18.5 Å². The van der Waals surface area contributed by atoms with Crippen molar-refractivity contribution in [3.05, 3.63) is 42.0 Å². The molecule has 0 spiro atoms. The summed E-state index contributed by atoms with van der Waals surface area (Å²) in [4.78, 5) is 49.2. The number of halogens is 2. The smallest absolute Gasteiger partial charge is 0.308 e. The molecular weight excluding hydrogens is 374 g/mol. The van der Waals surface area contributed by atoms with Crippen molar-refractivity contribution in [2.45, 2.75) is 19.3 Å². The number of nitrogens with zero attached hydrogens (tertiary/aromatic N) is 1. The van der Waals surface area contributed by atoms with E-state index in [1.807, 2.05) is 12.2 Å². The van der Waals surface area contributed by atoms with Gasteiger partial charge in [0, 0.05) is 18.3 Å². The number of fused-ring (bicyclic) bond motifs is 1. The lowest BCUT2D eigenvalue weighted by atomic mass is 9.85. The maximum absolute atomic E-state index is 13.1. The summed E-state index contributed by atoms with van der Waals surface area (Å²) in [7, 11) is 0. The molecule has 0 radical (unpaired) electrons. The monoisotopic (exact) mass is 392 g/mol. The van der Waals surface area contributed by atoms with Gasteiger partial charge in [0.1, 0.15) is 0 Å². The van der Waals surface area contributed by atoms with Crippen molar-refractivity contribution >= 4 is 29.4 Å². The highest BCUT2D eigenvalue weighted by Crippen LogP contribution is 2.34. The Hall–Kier alpha value is -3.10. The summed E-state index contributed by atoms with van der Waals surface area (Å²) < 4.78 is 30.7. The third kappa shape index (κ3) is 4.24. The molecule has 1 aliphatic heterocycles. The van der Waals surface area contributed by atoms with Gasteiger partial charge in [-0.25, -0.2) is 8.78 Å². The number of amides is 3. The highest BCUT2D eigenvalue weighted by atomic mass is 19.2. The molecule has 0 bridgehead atoms. The number of rotatable bonds is 6. The Morgan fingerprint density at radius 1 is 1.07 bits per heavy atom. The molecule has 2 atom stereocenters. The molecule has 1 fully saturated rings. The first-order valence-electron chi connectivity index (χ1n) is 8.77. The fourth-order valence-electron chi connectivity index (χ4n) is 3.28. The van der Waals surface area contributed by atoms with Crippen molar-refractivity contribution in [3.63, 3.8) is 0 Å². The van der Waals surface area contributed by atoms with Crippen LogP contribution in [0.4, 0.5) is 14.5 Å². The predicted octanol–water partition coefficient (Wildman–Crippen LogP) is 1.79. The molecule has 1 aliphatic carbocycles. The maximum atomic E-state index is 13.1. The van der Waals surface area contributed by atoms with Gasteiger partial charge in [-0.15, -0.1) is 0 Å². The first kappa shape index (κ1) is 19.7. The number of likely N-dealkylation sites (tertiary alicyclic amines) is 1. The number of imide groups is 1. The summed E-state index contributed by atoms with van der Waals surface area (Å²) in [6.07, 6.45) is 4.54. The molecule has 28 heavy (non-hydrogen) atoms. The molecule has 0 unspecified atom stereocenters. The topological polar surface area (TPSA) is 92.8 Å². The lowest BCUT2D eigenvalue weighted by molar-refractivity contribution is -0.148. The van der Waals surface area contributed by atoms with Crippen LogP contribution in [0, 0.1) is 23.5 Å². The Balaban J connectivity index is 1.43. The number of hydrogen-bond acceptors (Lipinski definition) is 5. The quantitative estimate of drug-likeness (QED) is 0.453. The van der Waals surface area contributed by atoms with E-state index in [-0.39, 0.29) is 42.3 Å². The molecule has 3 rings (SSSR count). The molecule has 1 N–H and O–H groups in total. The number of benzene rings is 1. The molecule has 7 nitrogen and oxygen atoms in total. The second-order valence-electron chi connectivity index (χ2n) is 6.57. The van der Waals surface area contributed by atoms with Gasteiger partial charge in [-0.2, -0.15) is 0 Å². The lowest BCUT2D eigenvalue weighted by Crippen LogP contribution is -2.33. The van der Waals surface area contributed by atoms with Crippen LogP contribution in [0.25, 0.3) is 0 Å². The largest absolute Gasteiger partial charge is 0.456 e. The zero-order chi connectivity index (χ0) is 20.3. The summed E-state index contributed by atoms with van der Waals surface area (Å²) in [6.45, 7) is -0.733. The second-order valence-corrected chi connectivity index (χ2v) is 6.57. The van der Waals surface area contributed by atoms with Crippen LogP contribution in [-0.2, 0) is 23.9 Å². The lowest BCUT2D eigenvalue weighted by Gasteiger charge is -2.14. The Labute approximate surface area is 159 Å². The van der Waals surface area contributed by atoms with Crippen molar-refractivity contribution in [1.29, 1.82) is 0 Å². The molecule has 148 valence electrons. The first-order valence-corrected chi connectivity index (χ1v) is 8.77. The number of allylic oxidation sites excluding steroid dienone is 2. The van der Waals surface area contributed by atoms with Gasteiger partial charge in [-0.3, -0.25) is 24.1 Å². The first-order chi connectivity index (χ1) is 13.4. The Bertz CT molecular complexity index is 829. The van der Waals surface area contributed by atoms with Crippen molar-refractivity contribution in [1.82, 2.24) is 4.90 Å². The molecule has 0 saturated carbocycles. The number of hydrogen-bond donors (Lipinski definition) is 1. The Kier molecular flexibility index (Phi) is 5.81. The van der Waals surface area contributed by atoms with E-state index in [0.29, 0.717) is 12.8 Å². The van der Waals surface area contributed by atoms with E-state index in [1.54, 1.807) is 0 Å². The van der Waals surface area contributed by atoms with E-state index >= 15 is 0 Å². The van der Waals surface area contributed by atoms with Gasteiger partial charge < -0.3 is 10.1 Å². The molecule has 3 amide bonds. The van der Waals surface area contributed by atoms with Crippen LogP contribution in [0.1, 0.15) is 19.3 Å². The fraction of sp³-hybridized carbons (Fsp3) is 0.368. The number of anilines is 1. The SMILES string of the molecule is O=C(COC(=O)CCN1C(=O)[C@@H]2CC=CC[C@H]2C1=O)Nc1ccc(F)c(F)c1. The summed E-state index contributed by atoms with van der Waals surface area (Å²) in [6, 6.07) is 2.82. The van der Waals surface area contributed by atoms with Crippen LogP contribution in [-0.4, -0.2) is 41.7 Å². The van der Waals surface area contributed by atoms with Gasteiger partial charge in [-0.05, 0) is 25.0 Å². The standard InChI is InChI=1S/C19H18F2N2O5/c20-14-6-5-11(9-15(14)21)22-16(24)10-28-17(25)7-8-23-18(26)12-3-1-2-4-13(12)19(23)27/h1-2,5-6,9,12-13H,3-4,7-8,10H2,(H,22,24)/t12-,13-/m1/s1. The Morgan fingerprint density at radius 2 is 1.71 bits per heavy atom. The van der Waals surface area contributed by atoms with Gasteiger partial charge in [0.15, 0.2) is 18.2 Å². The number of ether oxygens (including phenoxy) is 1. The maximum Gasteiger partial charge on any atom is 0.308 e. The number of carbonyl (C=O) groups is 4. The fourth-order valence-corrected chi connectivity index (χ4v) is 3.28. The molecule has 9 heteroatoms. The van der Waals surface area contributed by atoms with Gasteiger partial charge in [-0.1, -0.05) is 12.2 Å². The molecular formula is C19H18F2N2O5. The average molecular weight is 392 g/mol. The number of esters is 1. The zero-order valence-electron chi connectivity index (χ0n) is 14.8. The Morgan fingerprint density at radius 3 is 2.32 bits per heavy atom. The zero-order valence-corrected chi connectivity index (χ0v) is 14.8. The van der Waals surface area contributed by atoms with E-state index in [0.717, 1.165) is 23.1 Å².